The van der Waals surface area contributed by atoms with Gasteiger partial charge in [-0.2, -0.15) is 0 Å². The Labute approximate surface area is 128 Å². The first-order chi connectivity index (χ1) is 9.88. The molecule has 0 aliphatic heterocycles. The lowest BCUT2D eigenvalue weighted by Gasteiger charge is -2.26. The fraction of sp³-hybridized carbons (Fsp3) is 0.333. The van der Waals surface area contributed by atoms with Crippen LogP contribution in [0, 0.1) is 0 Å². The average molecular weight is 300 g/mol. The van der Waals surface area contributed by atoms with E-state index in [0.29, 0.717) is 0 Å². The molecular formula is C18H24O2Si. The Hall–Kier alpha value is -1.42. The van der Waals surface area contributed by atoms with Crippen LogP contribution in [0.5, 0.6) is 0 Å². The van der Waals surface area contributed by atoms with Crippen molar-refractivity contribution in [2.75, 3.05) is 0 Å². The summed E-state index contributed by atoms with van der Waals surface area (Å²) in [7, 11) is -1.62. The van der Waals surface area contributed by atoms with Gasteiger partial charge >= 0.3 is 0 Å². The smallest absolute Gasteiger partial charge is 0.184 e. The van der Waals surface area contributed by atoms with Crippen molar-refractivity contribution in [3.63, 3.8) is 0 Å². The van der Waals surface area contributed by atoms with Crippen molar-refractivity contribution in [3.8, 4) is 0 Å². The largest absolute Gasteiger partial charge is 0.411 e. The number of hydrogen-bond donors (Lipinski definition) is 1. The van der Waals surface area contributed by atoms with Crippen LogP contribution in [0.1, 0.15) is 35.8 Å². The normalized spacial score (nSPS) is 14.7. The van der Waals surface area contributed by atoms with Crippen LogP contribution < -0.4 is 0 Å². The number of hydrogen-bond acceptors (Lipinski definition) is 2. The minimum Gasteiger partial charge on any atom is -0.411 e. The highest BCUT2D eigenvalue weighted by Gasteiger charge is 2.23. The van der Waals surface area contributed by atoms with Crippen LogP contribution in [0.15, 0.2) is 54.6 Å². The van der Waals surface area contributed by atoms with Gasteiger partial charge in [0.05, 0.1) is 6.10 Å². The first-order valence-electron chi connectivity index (χ1n) is 7.38. The molecule has 0 radical (unpaired) electrons. The quantitative estimate of drug-likeness (QED) is 0.812. The van der Waals surface area contributed by atoms with Gasteiger partial charge in [-0.1, -0.05) is 54.6 Å². The average Bonchev–Trinajstić information content (AvgIpc) is 2.45. The van der Waals surface area contributed by atoms with Crippen molar-refractivity contribution in [2.45, 2.75) is 38.8 Å². The molecule has 0 amide bonds. The standard InChI is InChI=1S/C18H24O2Si/c1-14(20-21(2,3)4)16-12-8-9-13-17(16)18(19)15-10-6-5-7-11-15/h5-14,18-19H,1-4H3/t14-,18?/m1/s1. The van der Waals surface area contributed by atoms with E-state index in [9.17, 15) is 5.11 Å². The van der Waals surface area contributed by atoms with Gasteiger partial charge in [0, 0.05) is 0 Å². The van der Waals surface area contributed by atoms with Crippen LogP contribution in [0.2, 0.25) is 19.6 Å². The molecular weight excluding hydrogens is 276 g/mol. The van der Waals surface area contributed by atoms with Crippen LogP contribution in [0.25, 0.3) is 0 Å². The molecule has 0 fully saturated rings. The summed E-state index contributed by atoms with van der Waals surface area (Å²) in [6, 6.07) is 17.7. The van der Waals surface area contributed by atoms with E-state index in [1.807, 2.05) is 54.6 Å². The van der Waals surface area contributed by atoms with E-state index in [4.69, 9.17) is 4.43 Å². The lowest BCUT2D eigenvalue weighted by atomic mass is 9.94. The van der Waals surface area contributed by atoms with Crippen LogP contribution >= 0.6 is 0 Å². The third-order valence-corrected chi connectivity index (χ3v) is 4.43. The van der Waals surface area contributed by atoms with Crippen molar-refractivity contribution in [3.05, 3.63) is 71.3 Å². The molecule has 2 rings (SSSR count). The third kappa shape index (κ3) is 4.27. The fourth-order valence-electron chi connectivity index (χ4n) is 2.54. The van der Waals surface area contributed by atoms with Crippen molar-refractivity contribution in [1.82, 2.24) is 0 Å². The number of rotatable bonds is 5. The second-order valence-electron chi connectivity index (χ2n) is 6.31. The zero-order chi connectivity index (χ0) is 15.5. The highest BCUT2D eigenvalue weighted by Crippen LogP contribution is 2.31. The van der Waals surface area contributed by atoms with Gasteiger partial charge < -0.3 is 9.53 Å². The molecule has 0 saturated heterocycles. The first-order valence-corrected chi connectivity index (χ1v) is 10.8. The Balaban J connectivity index is 2.33. The maximum absolute atomic E-state index is 10.7. The molecule has 2 aromatic rings. The van der Waals surface area contributed by atoms with E-state index in [1.54, 1.807) is 0 Å². The minimum absolute atomic E-state index is 0.00812. The fourth-order valence-corrected chi connectivity index (χ4v) is 3.73. The van der Waals surface area contributed by atoms with Gasteiger partial charge in [0.1, 0.15) is 6.10 Å². The maximum Gasteiger partial charge on any atom is 0.184 e. The zero-order valence-corrected chi connectivity index (χ0v) is 14.2. The second kappa shape index (κ2) is 6.56. The van der Waals surface area contributed by atoms with Crippen molar-refractivity contribution < 1.29 is 9.53 Å². The highest BCUT2D eigenvalue weighted by atomic mass is 28.4. The number of benzene rings is 2. The Kier molecular flexibility index (Phi) is 4.98. The predicted octanol–water partition coefficient (Wildman–Crippen LogP) is 4.68. The highest BCUT2D eigenvalue weighted by molar-refractivity contribution is 6.69. The lowest BCUT2D eigenvalue weighted by molar-refractivity contribution is 0.196. The molecule has 21 heavy (non-hydrogen) atoms. The van der Waals surface area contributed by atoms with Gasteiger partial charge in [0.25, 0.3) is 0 Å². The SMILES string of the molecule is C[C@@H](O[Si](C)(C)C)c1ccccc1C(O)c1ccccc1. The summed E-state index contributed by atoms with van der Waals surface area (Å²) in [5, 5.41) is 10.7. The molecule has 3 heteroatoms. The monoisotopic (exact) mass is 300 g/mol. The lowest BCUT2D eigenvalue weighted by Crippen LogP contribution is -2.27. The van der Waals surface area contributed by atoms with E-state index in [-0.39, 0.29) is 6.10 Å². The van der Waals surface area contributed by atoms with Crippen LogP contribution in [0.4, 0.5) is 0 Å². The third-order valence-electron chi connectivity index (χ3n) is 3.37. The molecule has 112 valence electrons. The molecule has 0 aliphatic rings. The summed E-state index contributed by atoms with van der Waals surface area (Å²) < 4.78 is 6.18. The molecule has 1 N–H and O–H groups in total. The van der Waals surface area contributed by atoms with Gasteiger partial charge in [-0.05, 0) is 43.3 Å². The van der Waals surface area contributed by atoms with Gasteiger partial charge in [-0.3, -0.25) is 0 Å². The van der Waals surface area contributed by atoms with Gasteiger partial charge in [0.15, 0.2) is 8.32 Å². The van der Waals surface area contributed by atoms with Gasteiger partial charge in [-0.15, -0.1) is 0 Å². The minimum atomic E-state index is -1.62. The Morgan fingerprint density at radius 1 is 0.857 bits per heavy atom. The number of aliphatic hydroxyl groups excluding tert-OH is 1. The van der Waals surface area contributed by atoms with Crippen LogP contribution in [-0.2, 0) is 4.43 Å². The molecule has 2 atom stereocenters. The van der Waals surface area contributed by atoms with Crippen LogP contribution in [-0.4, -0.2) is 13.4 Å². The Morgan fingerprint density at radius 3 is 1.95 bits per heavy atom. The summed E-state index contributed by atoms with van der Waals surface area (Å²) in [4.78, 5) is 0. The molecule has 0 heterocycles. The molecule has 0 aromatic heterocycles. The maximum atomic E-state index is 10.7. The van der Waals surface area contributed by atoms with Crippen molar-refractivity contribution >= 4 is 8.32 Å². The Morgan fingerprint density at radius 2 is 1.38 bits per heavy atom. The molecule has 2 nitrogen and oxygen atoms in total. The molecule has 0 aliphatic carbocycles. The van der Waals surface area contributed by atoms with Gasteiger partial charge in [0.2, 0.25) is 0 Å². The van der Waals surface area contributed by atoms with E-state index in [1.165, 1.54) is 0 Å². The molecule has 1 unspecified atom stereocenters. The topological polar surface area (TPSA) is 29.5 Å². The zero-order valence-electron chi connectivity index (χ0n) is 13.2. The molecule has 0 bridgehead atoms. The number of aliphatic hydroxyl groups is 1. The summed E-state index contributed by atoms with van der Waals surface area (Å²) in [6.45, 7) is 8.61. The van der Waals surface area contributed by atoms with E-state index >= 15 is 0 Å². The summed E-state index contributed by atoms with van der Waals surface area (Å²) in [6.07, 6.45) is -0.624. The second-order valence-corrected chi connectivity index (χ2v) is 10.8. The predicted molar refractivity (Wildman–Crippen MR) is 89.8 cm³/mol. The Bertz CT molecular complexity index is 575. The first kappa shape index (κ1) is 16.0. The summed E-state index contributed by atoms with van der Waals surface area (Å²) >= 11 is 0. The van der Waals surface area contributed by atoms with Crippen LogP contribution in [0.3, 0.4) is 0 Å². The van der Waals surface area contributed by atoms with Gasteiger partial charge in [-0.25, -0.2) is 0 Å². The van der Waals surface area contributed by atoms with Crippen molar-refractivity contribution in [2.24, 2.45) is 0 Å². The molecule has 0 saturated carbocycles. The summed E-state index contributed by atoms with van der Waals surface area (Å²) in [5.41, 5.74) is 2.90. The summed E-state index contributed by atoms with van der Waals surface area (Å²) in [5.74, 6) is 0. The molecule has 2 aromatic carbocycles. The van der Waals surface area contributed by atoms with E-state index < -0.39 is 14.4 Å². The van der Waals surface area contributed by atoms with E-state index in [0.717, 1.165) is 16.7 Å². The molecule has 0 spiro atoms. The van der Waals surface area contributed by atoms with Crippen molar-refractivity contribution in [1.29, 1.82) is 0 Å². The van der Waals surface area contributed by atoms with E-state index in [2.05, 4.69) is 26.6 Å².